The number of nitrogen functional groups attached to an aromatic ring is 1. The van der Waals surface area contributed by atoms with Crippen LogP contribution >= 0.6 is 7.60 Å². The van der Waals surface area contributed by atoms with Gasteiger partial charge in [-0.05, 0) is 6.07 Å². The maximum Gasteiger partial charge on any atom is 0.410 e. The minimum absolute atomic E-state index is 0.0325. The highest BCUT2D eigenvalue weighted by atomic mass is 31.2. The van der Waals surface area contributed by atoms with Crippen LogP contribution in [0, 0.1) is 0 Å². The van der Waals surface area contributed by atoms with Crippen molar-refractivity contribution in [3.8, 4) is 0 Å². The number of nitrogens with zero attached hydrogens (tertiary/aromatic N) is 3. The van der Waals surface area contributed by atoms with Gasteiger partial charge in [0, 0.05) is 12.7 Å². The Morgan fingerprint density at radius 3 is 2.76 bits per heavy atom. The third-order valence-electron chi connectivity index (χ3n) is 4.56. The average molecular weight is 436 g/mol. The zero-order valence-corrected chi connectivity index (χ0v) is 15.9. The molecule has 29 heavy (non-hydrogen) atoms. The first-order chi connectivity index (χ1) is 13.6. The van der Waals surface area contributed by atoms with Crippen LogP contribution in [-0.4, -0.2) is 91.0 Å². The van der Waals surface area contributed by atoms with Gasteiger partial charge in [0.2, 0.25) is 0 Å². The second-order valence-corrected chi connectivity index (χ2v) is 8.28. The highest BCUT2D eigenvalue weighted by Gasteiger charge is 2.46. The van der Waals surface area contributed by atoms with Crippen molar-refractivity contribution in [2.45, 2.75) is 30.3 Å². The lowest BCUT2D eigenvalue weighted by Gasteiger charge is -2.34. The molecule has 2 aliphatic rings. The number of carbonyl (C=O) groups excluding carboxylic acids is 1. The van der Waals surface area contributed by atoms with E-state index in [0.29, 0.717) is 0 Å². The fraction of sp³-hybridized carbons (Fsp3) is 0.643. The molecule has 2 fully saturated rings. The molecular formula is C14H21N4O10P. The van der Waals surface area contributed by atoms with Gasteiger partial charge in [0.15, 0.2) is 12.0 Å². The molecule has 3 heterocycles. The van der Waals surface area contributed by atoms with Gasteiger partial charge in [-0.25, -0.2) is 9.59 Å². The molecule has 1 aromatic heterocycles. The molecule has 14 nitrogen and oxygen atoms in total. The van der Waals surface area contributed by atoms with E-state index in [1.807, 2.05) is 0 Å². The molecule has 6 N–H and O–H groups in total. The number of carbonyl (C=O) groups is 1. The predicted molar refractivity (Wildman–Crippen MR) is 93.5 cm³/mol. The number of hydrogen-bond acceptors (Lipinski definition) is 10. The summed E-state index contributed by atoms with van der Waals surface area (Å²) in [4.78, 5) is 47.2. The lowest BCUT2D eigenvalue weighted by Crippen LogP contribution is -2.49. The molecule has 1 amide bonds. The minimum Gasteiger partial charge on any atom is -0.447 e. The number of ether oxygens (including phenoxy) is 3. The van der Waals surface area contributed by atoms with Crippen LogP contribution in [0.5, 0.6) is 0 Å². The van der Waals surface area contributed by atoms with Gasteiger partial charge in [0.05, 0.1) is 13.2 Å². The van der Waals surface area contributed by atoms with Crippen molar-refractivity contribution in [1.29, 1.82) is 0 Å². The number of anilines is 1. The van der Waals surface area contributed by atoms with Crippen LogP contribution in [0.4, 0.5) is 10.6 Å². The summed E-state index contributed by atoms with van der Waals surface area (Å²) in [6.07, 6.45) is -5.31. The fourth-order valence-corrected chi connectivity index (χ4v) is 3.91. The Labute approximate surface area is 163 Å². The number of nitrogens with two attached hydrogens (primary N) is 1. The molecule has 0 radical (unpaired) electrons. The van der Waals surface area contributed by atoms with E-state index in [1.165, 1.54) is 12.3 Å². The summed E-state index contributed by atoms with van der Waals surface area (Å²) in [6, 6.07) is 1.30. The van der Waals surface area contributed by atoms with Crippen LogP contribution in [0.15, 0.2) is 17.1 Å². The zero-order chi connectivity index (χ0) is 21.3. The van der Waals surface area contributed by atoms with Crippen molar-refractivity contribution in [3.05, 3.63) is 22.7 Å². The van der Waals surface area contributed by atoms with Crippen molar-refractivity contribution in [1.82, 2.24) is 14.5 Å². The second-order valence-electron chi connectivity index (χ2n) is 6.50. The van der Waals surface area contributed by atoms with Gasteiger partial charge in [0.1, 0.15) is 30.7 Å². The van der Waals surface area contributed by atoms with Crippen molar-refractivity contribution in [2.75, 3.05) is 32.1 Å². The van der Waals surface area contributed by atoms with Gasteiger partial charge < -0.3 is 39.9 Å². The van der Waals surface area contributed by atoms with Gasteiger partial charge in [0.25, 0.3) is 0 Å². The standard InChI is InChI=1S/C14H21N4O10P/c15-8-1-2-18(13(21)16-8)12-11(20)10(19)7(28-12)5-27-14(22)17-3-4-26-6-9(17)29(23,24)25/h1-2,7,9-12,19-20H,3-6H2,(H2,15,16,21)(H2,23,24,25)/t7-,9?,10-,11-,12-/m1/s1. The lowest BCUT2D eigenvalue weighted by molar-refractivity contribution is -0.0633. The Kier molecular flexibility index (Phi) is 6.24. The normalized spacial score (nSPS) is 30.3. The molecule has 0 saturated carbocycles. The van der Waals surface area contributed by atoms with E-state index in [-0.39, 0.29) is 25.6 Å². The van der Waals surface area contributed by atoms with Gasteiger partial charge in [-0.1, -0.05) is 0 Å². The van der Waals surface area contributed by atoms with Gasteiger partial charge in [-0.2, -0.15) is 4.98 Å². The summed E-state index contributed by atoms with van der Waals surface area (Å²) in [6.45, 7) is -0.909. The number of amides is 1. The van der Waals surface area contributed by atoms with Crippen molar-refractivity contribution in [2.24, 2.45) is 0 Å². The summed E-state index contributed by atoms with van der Waals surface area (Å²) in [5.74, 6) is -1.52. The Morgan fingerprint density at radius 2 is 2.10 bits per heavy atom. The van der Waals surface area contributed by atoms with E-state index in [1.54, 1.807) is 0 Å². The number of hydrogen-bond donors (Lipinski definition) is 5. The third kappa shape index (κ3) is 4.59. The molecule has 0 aromatic carbocycles. The number of aliphatic hydroxyl groups is 2. The summed E-state index contributed by atoms with van der Waals surface area (Å²) in [7, 11) is -4.66. The molecule has 5 atom stereocenters. The van der Waals surface area contributed by atoms with Gasteiger partial charge in [-0.15, -0.1) is 0 Å². The average Bonchev–Trinajstić information content (AvgIpc) is 2.94. The van der Waals surface area contributed by atoms with Crippen molar-refractivity contribution >= 4 is 19.5 Å². The Morgan fingerprint density at radius 1 is 1.38 bits per heavy atom. The maximum absolute atomic E-state index is 12.3. The van der Waals surface area contributed by atoms with Crippen LogP contribution in [-0.2, 0) is 18.8 Å². The van der Waals surface area contributed by atoms with E-state index in [9.17, 15) is 34.2 Å². The topological polar surface area (TPSA) is 207 Å². The summed E-state index contributed by atoms with van der Waals surface area (Å²) < 4.78 is 27.9. The number of aromatic nitrogens is 2. The highest BCUT2D eigenvalue weighted by Crippen LogP contribution is 2.44. The van der Waals surface area contributed by atoms with E-state index in [0.717, 1.165) is 9.47 Å². The SMILES string of the molecule is Nc1ccn([C@@H]2O[C@H](COC(=O)N3CCOCC3P(=O)(O)O)[C@@H](O)[C@H]2O)c(=O)n1. The maximum atomic E-state index is 12.3. The molecule has 2 aliphatic heterocycles. The Bertz CT molecular complexity index is 859. The Hall–Kier alpha value is -2.06. The van der Waals surface area contributed by atoms with Crippen molar-refractivity contribution in [3.63, 3.8) is 0 Å². The monoisotopic (exact) mass is 436 g/mol. The number of aliphatic hydroxyl groups excluding tert-OH is 2. The quantitative estimate of drug-likeness (QED) is 0.308. The zero-order valence-electron chi connectivity index (χ0n) is 15.0. The molecule has 15 heteroatoms. The van der Waals surface area contributed by atoms with Crippen LogP contribution in [0.25, 0.3) is 0 Å². The van der Waals surface area contributed by atoms with E-state index < -0.39 is 56.3 Å². The van der Waals surface area contributed by atoms with E-state index >= 15 is 0 Å². The van der Waals surface area contributed by atoms with Crippen LogP contribution in [0.3, 0.4) is 0 Å². The van der Waals surface area contributed by atoms with Crippen molar-refractivity contribution < 1.29 is 43.6 Å². The fourth-order valence-electron chi connectivity index (χ4n) is 3.03. The third-order valence-corrected chi connectivity index (χ3v) is 5.76. The molecule has 1 unspecified atom stereocenters. The van der Waals surface area contributed by atoms with Crippen LogP contribution in [0.2, 0.25) is 0 Å². The molecule has 0 spiro atoms. The first-order valence-corrected chi connectivity index (χ1v) is 10.2. The largest absolute Gasteiger partial charge is 0.447 e. The van der Waals surface area contributed by atoms with Gasteiger partial charge >= 0.3 is 19.4 Å². The van der Waals surface area contributed by atoms with E-state index in [2.05, 4.69) is 4.98 Å². The first kappa shape index (κ1) is 21.6. The predicted octanol–water partition coefficient (Wildman–Crippen LogP) is -2.58. The summed E-state index contributed by atoms with van der Waals surface area (Å²) >= 11 is 0. The molecule has 0 aliphatic carbocycles. The highest BCUT2D eigenvalue weighted by molar-refractivity contribution is 7.52. The number of morpholine rings is 1. The first-order valence-electron chi connectivity index (χ1n) is 8.52. The van der Waals surface area contributed by atoms with Crippen LogP contribution < -0.4 is 11.4 Å². The summed E-state index contributed by atoms with van der Waals surface area (Å²) in [5, 5.41) is 20.3. The van der Waals surface area contributed by atoms with E-state index in [4.69, 9.17) is 19.9 Å². The second kappa shape index (κ2) is 8.36. The Balaban J connectivity index is 1.65. The molecule has 2 saturated heterocycles. The molecule has 162 valence electrons. The summed E-state index contributed by atoms with van der Waals surface area (Å²) in [5.41, 5.74) is 4.60. The van der Waals surface area contributed by atoms with Gasteiger partial charge in [-0.3, -0.25) is 14.0 Å². The molecule has 1 aromatic rings. The smallest absolute Gasteiger partial charge is 0.410 e. The minimum atomic E-state index is -4.66. The molecular weight excluding hydrogens is 415 g/mol. The molecule has 3 rings (SSSR count). The lowest BCUT2D eigenvalue weighted by atomic mass is 10.1. The molecule has 0 bridgehead atoms. The van der Waals surface area contributed by atoms with Crippen LogP contribution in [0.1, 0.15) is 6.23 Å². The number of rotatable bonds is 4.